The molecule has 15 heteroatoms. The van der Waals surface area contributed by atoms with E-state index >= 15 is 0 Å². The number of ether oxygens (including phenoxy) is 7. The zero-order chi connectivity index (χ0) is 34.7. The van der Waals surface area contributed by atoms with Gasteiger partial charge in [-0.15, -0.1) is 10.2 Å². The van der Waals surface area contributed by atoms with Gasteiger partial charge in [0.05, 0.1) is 104 Å². The minimum atomic E-state index is -0.584. The van der Waals surface area contributed by atoms with E-state index in [0.717, 1.165) is 16.8 Å². The molecular weight excluding hydrogens is 656 g/mol. The third-order valence-electron chi connectivity index (χ3n) is 7.32. The van der Waals surface area contributed by atoms with Crippen LogP contribution >= 0.6 is 11.6 Å². The van der Waals surface area contributed by atoms with E-state index in [1.54, 1.807) is 7.11 Å². The first kappa shape index (κ1) is 38.3. The van der Waals surface area contributed by atoms with Crippen LogP contribution in [0.2, 0.25) is 5.02 Å². The van der Waals surface area contributed by atoms with Gasteiger partial charge in [-0.05, 0) is 37.3 Å². The van der Waals surface area contributed by atoms with Gasteiger partial charge in [-0.1, -0.05) is 23.7 Å². The number of carbonyl (C=O) groups excluding carboxylic acids is 1. The second-order valence-electron chi connectivity index (χ2n) is 10.8. The number of nitrogens with zero attached hydrogens (tertiary/aromatic N) is 4. The zero-order valence-corrected chi connectivity index (χ0v) is 29.0. The maximum Gasteiger partial charge on any atom is 0.222 e. The summed E-state index contributed by atoms with van der Waals surface area (Å²) in [6, 6.07) is 12.6. The normalized spacial score (nSPS) is 13.8. The summed E-state index contributed by atoms with van der Waals surface area (Å²) in [4.78, 5) is 18.2. The van der Waals surface area contributed by atoms with E-state index in [1.165, 1.54) is 0 Å². The minimum Gasteiger partial charge on any atom is -0.497 e. The van der Waals surface area contributed by atoms with E-state index in [9.17, 15) is 4.79 Å². The minimum absolute atomic E-state index is 0.0767. The number of rotatable bonds is 24. The van der Waals surface area contributed by atoms with Gasteiger partial charge in [0.2, 0.25) is 5.91 Å². The number of nitrogens with one attached hydrogen (secondary N) is 1. The van der Waals surface area contributed by atoms with E-state index in [1.807, 2.05) is 54.0 Å². The number of nitrogens with two attached hydrogens (primary N) is 1. The summed E-state index contributed by atoms with van der Waals surface area (Å²) in [7, 11) is 1.62. The molecule has 0 bridgehead atoms. The predicted molar refractivity (Wildman–Crippen MR) is 184 cm³/mol. The third-order valence-corrected chi connectivity index (χ3v) is 7.57. The van der Waals surface area contributed by atoms with Crippen molar-refractivity contribution in [3.8, 4) is 11.4 Å². The molecule has 0 saturated carbocycles. The van der Waals surface area contributed by atoms with Crippen molar-refractivity contribution in [2.45, 2.75) is 19.4 Å². The van der Waals surface area contributed by atoms with Crippen molar-refractivity contribution in [1.82, 2.24) is 20.1 Å². The van der Waals surface area contributed by atoms with Crippen LogP contribution in [-0.4, -0.2) is 126 Å². The molecule has 2 aromatic carbocycles. The van der Waals surface area contributed by atoms with E-state index in [2.05, 4.69) is 15.5 Å². The lowest BCUT2D eigenvalue weighted by Crippen LogP contribution is -2.29. The number of benzene rings is 2. The van der Waals surface area contributed by atoms with Gasteiger partial charge in [0.1, 0.15) is 17.6 Å². The Morgan fingerprint density at radius 1 is 0.816 bits per heavy atom. The highest BCUT2D eigenvalue weighted by molar-refractivity contribution is 6.30. The molecule has 1 aliphatic rings. The van der Waals surface area contributed by atoms with Crippen molar-refractivity contribution in [2.75, 3.05) is 99.5 Å². The van der Waals surface area contributed by atoms with Crippen LogP contribution in [0.25, 0.3) is 5.69 Å². The number of aromatic nitrogens is 3. The second kappa shape index (κ2) is 21.6. The molecule has 268 valence electrons. The number of fused-ring (bicyclic) bond motifs is 3. The van der Waals surface area contributed by atoms with Gasteiger partial charge in [-0.2, -0.15) is 0 Å². The fourth-order valence-electron chi connectivity index (χ4n) is 4.97. The molecule has 0 radical (unpaired) electrons. The van der Waals surface area contributed by atoms with Crippen LogP contribution in [0.5, 0.6) is 5.75 Å². The fourth-order valence-corrected chi connectivity index (χ4v) is 5.10. The lowest BCUT2D eigenvalue weighted by Gasteiger charge is -2.14. The van der Waals surface area contributed by atoms with Gasteiger partial charge in [0.15, 0.2) is 5.82 Å². The third kappa shape index (κ3) is 12.4. The van der Waals surface area contributed by atoms with Crippen molar-refractivity contribution in [2.24, 2.45) is 10.7 Å². The molecular formula is C34H47ClN6O8. The Kier molecular flexibility index (Phi) is 16.9. The SMILES string of the molecule is COc1ccc2c(c1)C(c1ccc(Cl)cc1)=N[C@@H](CC(=O)NCCOCCOCCOCCOCCOCCOCCN)c1nnc(C)n1-2. The Balaban J connectivity index is 1.14. The molecule has 1 atom stereocenters. The molecule has 0 spiro atoms. The summed E-state index contributed by atoms with van der Waals surface area (Å²) < 4.78 is 40.2. The largest absolute Gasteiger partial charge is 0.497 e. The van der Waals surface area contributed by atoms with Gasteiger partial charge in [-0.3, -0.25) is 14.4 Å². The number of methoxy groups -OCH3 is 1. The number of aliphatic imine (C=N–C) groups is 1. The molecule has 3 aromatic rings. The van der Waals surface area contributed by atoms with Crippen molar-refractivity contribution < 1.29 is 38.0 Å². The lowest BCUT2D eigenvalue weighted by molar-refractivity contribution is -0.121. The van der Waals surface area contributed by atoms with E-state index in [-0.39, 0.29) is 12.3 Å². The number of hydrogen-bond acceptors (Lipinski definition) is 12. The number of carbonyl (C=O) groups is 1. The molecule has 14 nitrogen and oxygen atoms in total. The molecule has 1 aliphatic heterocycles. The Hall–Kier alpha value is -3.47. The molecule has 0 saturated heterocycles. The van der Waals surface area contributed by atoms with E-state index in [4.69, 9.17) is 55.5 Å². The van der Waals surface area contributed by atoms with Crippen LogP contribution in [0, 0.1) is 6.92 Å². The first-order valence-corrected chi connectivity index (χ1v) is 16.8. The summed E-state index contributed by atoms with van der Waals surface area (Å²) in [6.07, 6.45) is 0.0767. The Labute approximate surface area is 292 Å². The summed E-state index contributed by atoms with van der Waals surface area (Å²) in [5.74, 6) is 1.78. The number of hydrogen-bond donors (Lipinski definition) is 2. The van der Waals surface area contributed by atoms with Crippen LogP contribution in [0.15, 0.2) is 47.5 Å². The monoisotopic (exact) mass is 702 g/mol. The summed E-state index contributed by atoms with van der Waals surface area (Å²) >= 11 is 6.19. The van der Waals surface area contributed by atoms with Crippen LogP contribution in [0.4, 0.5) is 0 Å². The predicted octanol–water partition coefficient (Wildman–Crippen LogP) is 2.69. The van der Waals surface area contributed by atoms with Crippen molar-refractivity contribution >= 4 is 23.2 Å². The fraction of sp³-hybridized carbons (Fsp3) is 0.529. The van der Waals surface area contributed by atoms with Gasteiger partial charge in [-0.25, -0.2) is 0 Å². The molecule has 4 rings (SSSR count). The maximum atomic E-state index is 13.1. The number of halogens is 1. The first-order chi connectivity index (χ1) is 24.0. The quantitative estimate of drug-likeness (QED) is 0.132. The molecule has 1 aromatic heterocycles. The molecule has 0 aliphatic carbocycles. The number of amides is 1. The van der Waals surface area contributed by atoms with Crippen LogP contribution in [0.3, 0.4) is 0 Å². The van der Waals surface area contributed by atoms with Gasteiger partial charge in [0, 0.05) is 29.2 Å². The highest BCUT2D eigenvalue weighted by atomic mass is 35.5. The van der Waals surface area contributed by atoms with Crippen molar-refractivity contribution in [3.63, 3.8) is 0 Å². The van der Waals surface area contributed by atoms with E-state index in [0.29, 0.717) is 121 Å². The maximum absolute atomic E-state index is 13.1. The molecule has 0 unspecified atom stereocenters. The smallest absolute Gasteiger partial charge is 0.222 e. The highest BCUT2D eigenvalue weighted by Gasteiger charge is 2.30. The zero-order valence-electron chi connectivity index (χ0n) is 28.2. The van der Waals surface area contributed by atoms with Crippen molar-refractivity contribution in [3.05, 3.63) is 70.3 Å². The van der Waals surface area contributed by atoms with Gasteiger partial charge in [0.25, 0.3) is 0 Å². The highest BCUT2D eigenvalue weighted by Crippen LogP contribution is 2.34. The Morgan fingerprint density at radius 3 is 1.96 bits per heavy atom. The molecule has 1 amide bonds. The Bertz CT molecular complexity index is 1450. The second-order valence-corrected chi connectivity index (χ2v) is 11.3. The van der Waals surface area contributed by atoms with Gasteiger partial charge < -0.3 is 44.2 Å². The average Bonchev–Trinajstić information content (AvgIpc) is 3.43. The standard InChI is InChI=1S/C34H47ClN6O8/c1-25-39-40-34-30(38-33(26-3-5-27(35)6-4-26)29-23-28(43-2)7-8-31(29)41(25)34)24-32(42)37-10-12-45-14-16-47-18-20-49-22-21-48-19-17-46-15-13-44-11-9-36/h3-8,23,30H,9-22,24,36H2,1-2H3,(H,37,42)/t30-/m0/s1. The van der Waals surface area contributed by atoms with Crippen molar-refractivity contribution in [1.29, 1.82) is 0 Å². The topological polar surface area (TPSA) is 163 Å². The molecule has 0 fully saturated rings. The van der Waals surface area contributed by atoms with Gasteiger partial charge >= 0.3 is 0 Å². The summed E-state index contributed by atoms with van der Waals surface area (Å²) in [5.41, 5.74) is 8.60. The van der Waals surface area contributed by atoms with Crippen LogP contribution in [-0.2, 0) is 33.2 Å². The number of aryl methyl sites for hydroxylation is 1. The average molecular weight is 703 g/mol. The van der Waals surface area contributed by atoms with Crippen LogP contribution in [0.1, 0.15) is 35.2 Å². The molecule has 49 heavy (non-hydrogen) atoms. The lowest BCUT2D eigenvalue weighted by atomic mass is 10.00. The summed E-state index contributed by atoms with van der Waals surface area (Å²) in [6.45, 7) is 8.39. The molecule has 2 heterocycles. The van der Waals surface area contributed by atoms with Crippen LogP contribution < -0.4 is 15.8 Å². The molecule has 3 N–H and O–H groups in total. The van der Waals surface area contributed by atoms with E-state index < -0.39 is 6.04 Å². The summed E-state index contributed by atoms with van der Waals surface area (Å²) in [5, 5.41) is 12.3. The first-order valence-electron chi connectivity index (χ1n) is 16.4. The Morgan fingerprint density at radius 2 is 1.39 bits per heavy atom.